The Kier molecular flexibility index (Phi) is 5.74. The van der Waals surface area contributed by atoms with Crippen LogP contribution in [0, 0.1) is 5.82 Å². The van der Waals surface area contributed by atoms with Crippen molar-refractivity contribution in [2.75, 3.05) is 32.1 Å². The van der Waals surface area contributed by atoms with E-state index in [-0.39, 0.29) is 23.7 Å². The van der Waals surface area contributed by atoms with Crippen LogP contribution in [-0.4, -0.2) is 49.9 Å². The molecule has 0 spiro atoms. The van der Waals surface area contributed by atoms with Crippen molar-refractivity contribution in [2.24, 2.45) is 0 Å². The highest BCUT2D eigenvalue weighted by atomic mass is 19.1. The largest absolute Gasteiger partial charge is 0.377 e. The maximum absolute atomic E-state index is 13.0. The topological polar surface area (TPSA) is 52.7 Å². The number of benzene rings is 2. The molecule has 6 heteroatoms. The van der Waals surface area contributed by atoms with Crippen LogP contribution in [-0.2, 0) is 11.2 Å². The van der Waals surface area contributed by atoms with Crippen molar-refractivity contribution < 1.29 is 14.0 Å². The van der Waals surface area contributed by atoms with Crippen LogP contribution in [0.1, 0.15) is 22.3 Å². The van der Waals surface area contributed by atoms with Gasteiger partial charge in [0.2, 0.25) is 5.91 Å². The molecule has 142 valence electrons. The second kappa shape index (κ2) is 8.20. The molecule has 5 nitrogen and oxygen atoms in total. The average molecular weight is 369 g/mol. The summed E-state index contributed by atoms with van der Waals surface area (Å²) >= 11 is 0. The first kappa shape index (κ1) is 18.9. The van der Waals surface area contributed by atoms with Crippen LogP contribution in [0.2, 0.25) is 0 Å². The molecule has 1 saturated heterocycles. The van der Waals surface area contributed by atoms with E-state index in [4.69, 9.17) is 0 Å². The Morgan fingerprint density at radius 2 is 1.89 bits per heavy atom. The van der Waals surface area contributed by atoms with Gasteiger partial charge in [0.05, 0.1) is 11.6 Å². The van der Waals surface area contributed by atoms with Gasteiger partial charge in [0.25, 0.3) is 5.91 Å². The summed E-state index contributed by atoms with van der Waals surface area (Å²) in [5.41, 5.74) is 2.42. The van der Waals surface area contributed by atoms with E-state index in [0.29, 0.717) is 31.5 Å². The van der Waals surface area contributed by atoms with Crippen molar-refractivity contribution in [3.8, 4) is 0 Å². The van der Waals surface area contributed by atoms with Crippen LogP contribution in [0.4, 0.5) is 10.1 Å². The average Bonchev–Trinajstić information content (AvgIpc) is 3.00. The fourth-order valence-electron chi connectivity index (χ4n) is 3.32. The lowest BCUT2D eigenvalue weighted by atomic mass is 10.1. The second-order valence-corrected chi connectivity index (χ2v) is 7.00. The van der Waals surface area contributed by atoms with Gasteiger partial charge in [-0.3, -0.25) is 9.59 Å². The standard InChI is InChI=1S/C21H24FN3O2/c1-24(2)19-6-4-3-5-18(19)21(27)23-17-13-20(26)25(14-17)12-11-15-7-9-16(22)10-8-15/h3-10,17H,11-14H2,1-2H3,(H,23,27). The van der Waals surface area contributed by atoms with E-state index in [0.717, 1.165) is 11.3 Å². The quantitative estimate of drug-likeness (QED) is 0.851. The predicted octanol–water partition coefficient (Wildman–Crippen LogP) is 2.47. The van der Waals surface area contributed by atoms with Crippen molar-refractivity contribution in [3.63, 3.8) is 0 Å². The first-order valence-corrected chi connectivity index (χ1v) is 9.03. The molecule has 1 fully saturated rings. The van der Waals surface area contributed by atoms with Crippen LogP contribution in [0.25, 0.3) is 0 Å². The van der Waals surface area contributed by atoms with Crippen LogP contribution < -0.4 is 10.2 Å². The molecule has 2 aromatic carbocycles. The first-order chi connectivity index (χ1) is 12.9. The molecule has 1 heterocycles. The third-order valence-electron chi connectivity index (χ3n) is 4.76. The third kappa shape index (κ3) is 4.64. The Balaban J connectivity index is 1.57. The van der Waals surface area contributed by atoms with Gasteiger partial charge in [-0.05, 0) is 36.2 Å². The number of nitrogens with one attached hydrogen (secondary N) is 1. The molecule has 0 aliphatic carbocycles. The number of rotatable bonds is 6. The molecule has 2 aromatic rings. The maximum atomic E-state index is 13.0. The van der Waals surface area contributed by atoms with E-state index in [2.05, 4.69) is 5.32 Å². The lowest BCUT2D eigenvalue weighted by Crippen LogP contribution is -2.38. The Hall–Kier alpha value is -2.89. The minimum absolute atomic E-state index is 0.0308. The smallest absolute Gasteiger partial charge is 0.253 e. The zero-order valence-electron chi connectivity index (χ0n) is 15.6. The summed E-state index contributed by atoms with van der Waals surface area (Å²) in [6.07, 6.45) is 0.968. The lowest BCUT2D eigenvalue weighted by molar-refractivity contribution is -0.127. The highest BCUT2D eigenvalue weighted by Crippen LogP contribution is 2.19. The summed E-state index contributed by atoms with van der Waals surface area (Å²) in [4.78, 5) is 28.6. The van der Waals surface area contributed by atoms with Crippen LogP contribution in [0.5, 0.6) is 0 Å². The summed E-state index contributed by atoms with van der Waals surface area (Å²) in [5, 5.41) is 2.98. The molecule has 0 saturated carbocycles. The van der Waals surface area contributed by atoms with Gasteiger partial charge in [0, 0.05) is 39.3 Å². The molecule has 27 heavy (non-hydrogen) atoms. The van der Waals surface area contributed by atoms with E-state index in [1.807, 2.05) is 37.2 Å². The molecule has 0 aromatic heterocycles. The summed E-state index contributed by atoms with van der Waals surface area (Å²) in [6.45, 7) is 1.06. The van der Waals surface area contributed by atoms with Gasteiger partial charge in [0.1, 0.15) is 5.82 Å². The molecule has 1 N–H and O–H groups in total. The minimum Gasteiger partial charge on any atom is -0.377 e. The number of hydrogen-bond acceptors (Lipinski definition) is 3. The predicted molar refractivity (Wildman–Crippen MR) is 103 cm³/mol. The molecule has 0 radical (unpaired) electrons. The Morgan fingerprint density at radius 3 is 2.59 bits per heavy atom. The molecule has 3 rings (SSSR count). The van der Waals surface area contributed by atoms with Crippen molar-refractivity contribution in [1.82, 2.24) is 10.2 Å². The van der Waals surface area contributed by atoms with Crippen molar-refractivity contribution in [3.05, 3.63) is 65.5 Å². The number of halogens is 1. The van der Waals surface area contributed by atoms with E-state index >= 15 is 0 Å². The minimum atomic E-state index is -0.267. The molecule has 1 aliphatic heterocycles. The number of anilines is 1. The van der Waals surface area contributed by atoms with Crippen molar-refractivity contribution in [2.45, 2.75) is 18.9 Å². The van der Waals surface area contributed by atoms with Gasteiger partial charge in [0.15, 0.2) is 0 Å². The number of nitrogens with zero attached hydrogens (tertiary/aromatic N) is 2. The normalized spacial score (nSPS) is 16.5. The van der Waals surface area contributed by atoms with Gasteiger partial charge in [-0.1, -0.05) is 24.3 Å². The fraction of sp³-hybridized carbons (Fsp3) is 0.333. The van der Waals surface area contributed by atoms with Crippen LogP contribution in [0.3, 0.4) is 0 Å². The van der Waals surface area contributed by atoms with Crippen LogP contribution >= 0.6 is 0 Å². The van der Waals surface area contributed by atoms with Gasteiger partial charge in [-0.25, -0.2) is 4.39 Å². The Labute approximate surface area is 158 Å². The summed E-state index contributed by atoms with van der Waals surface area (Å²) in [7, 11) is 3.78. The van der Waals surface area contributed by atoms with E-state index < -0.39 is 0 Å². The SMILES string of the molecule is CN(C)c1ccccc1C(=O)NC1CC(=O)N(CCc2ccc(F)cc2)C1. The number of carbonyl (C=O) groups is 2. The number of likely N-dealkylation sites (tertiary alicyclic amines) is 1. The van der Waals surface area contributed by atoms with Gasteiger partial charge >= 0.3 is 0 Å². The number of carbonyl (C=O) groups excluding carboxylic acids is 2. The number of hydrogen-bond donors (Lipinski definition) is 1. The highest BCUT2D eigenvalue weighted by Gasteiger charge is 2.30. The molecule has 2 amide bonds. The molecular weight excluding hydrogens is 345 g/mol. The van der Waals surface area contributed by atoms with Gasteiger partial charge in [-0.2, -0.15) is 0 Å². The van der Waals surface area contributed by atoms with E-state index in [1.165, 1.54) is 12.1 Å². The monoisotopic (exact) mass is 369 g/mol. The number of para-hydroxylation sites is 1. The van der Waals surface area contributed by atoms with Gasteiger partial charge < -0.3 is 15.1 Å². The summed E-state index contributed by atoms with van der Waals surface area (Å²) < 4.78 is 13.0. The van der Waals surface area contributed by atoms with Gasteiger partial charge in [-0.15, -0.1) is 0 Å². The molecule has 0 bridgehead atoms. The summed E-state index contributed by atoms with van der Waals surface area (Å²) in [5.74, 6) is -0.405. The zero-order valence-corrected chi connectivity index (χ0v) is 15.6. The fourth-order valence-corrected chi connectivity index (χ4v) is 3.32. The molecule has 1 atom stereocenters. The van der Waals surface area contributed by atoms with Crippen molar-refractivity contribution in [1.29, 1.82) is 0 Å². The molecule has 1 unspecified atom stereocenters. The maximum Gasteiger partial charge on any atom is 0.253 e. The Bertz CT molecular complexity index is 820. The number of amides is 2. The van der Waals surface area contributed by atoms with Crippen LogP contribution in [0.15, 0.2) is 48.5 Å². The van der Waals surface area contributed by atoms with E-state index in [1.54, 1.807) is 23.1 Å². The highest BCUT2D eigenvalue weighted by molar-refractivity contribution is 6.00. The second-order valence-electron chi connectivity index (χ2n) is 7.00. The lowest BCUT2D eigenvalue weighted by Gasteiger charge is -2.19. The Morgan fingerprint density at radius 1 is 1.19 bits per heavy atom. The molecule has 1 aliphatic rings. The summed E-state index contributed by atoms with van der Waals surface area (Å²) in [6, 6.07) is 13.5. The van der Waals surface area contributed by atoms with E-state index in [9.17, 15) is 14.0 Å². The van der Waals surface area contributed by atoms with Crippen molar-refractivity contribution >= 4 is 17.5 Å². The zero-order chi connectivity index (χ0) is 19.4. The molecular formula is C21H24FN3O2. The third-order valence-corrected chi connectivity index (χ3v) is 4.76. The first-order valence-electron chi connectivity index (χ1n) is 9.03.